The third-order valence-electron chi connectivity index (χ3n) is 6.36. The van der Waals surface area contributed by atoms with Crippen molar-refractivity contribution in [3.63, 3.8) is 0 Å². The largest absolute Gasteiger partial charge is 0.398 e. The highest BCUT2D eigenvalue weighted by molar-refractivity contribution is 7.91. The molecule has 2 aromatic rings. The standard InChI is InChI=1S/C26H37N3O4S/c1-5-28-25(31)21-13-17(9-10-22(21)27)11-19-15-34(32,33)16-23(24(19)30)29-14-18-7-6-8-20(12-18)26(2,3)4/h6-10,12-13,19,23-24,29-30H,5,11,14-16,27H2,1-4H3,(H,28,31)/t19-,23+,24+/m1/s1. The summed E-state index contributed by atoms with van der Waals surface area (Å²) in [6.07, 6.45) is -0.495. The molecule has 186 valence electrons. The van der Waals surface area contributed by atoms with Crippen LogP contribution in [0.4, 0.5) is 5.69 Å². The van der Waals surface area contributed by atoms with Gasteiger partial charge in [0.05, 0.1) is 23.2 Å². The second kappa shape index (κ2) is 10.5. The molecule has 0 aromatic heterocycles. The van der Waals surface area contributed by atoms with E-state index in [0.717, 1.165) is 11.1 Å². The number of nitrogen functional groups attached to an aromatic ring is 1. The fourth-order valence-corrected chi connectivity index (χ4v) is 6.40. The maximum atomic E-state index is 12.7. The van der Waals surface area contributed by atoms with Crippen LogP contribution in [0.1, 0.15) is 54.7 Å². The Balaban J connectivity index is 1.74. The number of hydrogen-bond acceptors (Lipinski definition) is 6. The summed E-state index contributed by atoms with van der Waals surface area (Å²) in [4.78, 5) is 12.3. The van der Waals surface area contributed by atoms with Gasteiger partial charge in [0.2, 0.25) is 0 Å². The summed E-state index contributed by atoms with van der Waals surface area (Å²) >= 11 is 0. The zero-order chi connectivity index (χ0) is 25.1. The number of aliphatic hydroxyl groups excluding tert-OH is 1. The SMILES string of the molecule is CCNC(=O)c1cc(C[C@@H]2CS(=O)(=O)C[C@H](NCc3cccc(C(C)(C)C)c3)[C@H]2O)ccc1N. The first kappa shape index (κ1) is 26.2. The topological polar surface area (TPSA) is 122 Å². The van der Waals surface area contributed by atoms with Crippen molar-refractivity contribution in [3.8, 4) is 0 Å². The summed E-state index contributed by atoms with van der Waals surface area (Å²) in [6, 6.07) is 12.8. The summed E-state index contributed by atoms with van der Waals surface area (Å²) in [5, 5.41) is 17.1. The number of hydrogen-bond donors (Lipinski definition) is 4. The molecule has 1 aliphatic rings. The molecule has 0 saturated carbocycles. The van der Waals surface area contributed by atoms with Gasteiger partial charge in [-0.1, -0.05) is 51.1 Å². The van der Waals surface area contributed by atoms with Crippen LogP contribution in [0, 0.1) is 5.92 Å². The van der Waals surface area contributed by atoms with E-state index >= 15 is 0 Å². The van der Waals surface area contributed by atoms with Gasteiger partial charge >= 0.3 is 0 Å². The maximum absolute atomic E-state index is 12.7. The number of anilines is 1. The van der Waals surface area contributed by atoms with Crippen LogP contribution in [0.5, 0.6) is 0 Å². The zero-order valence-corrected chi connectivity index (χ0v) is 21.3. The molecule has 1 heterocycles. The Morgan fingerprint density at radius 2 is 1.85 bits per heavy atom. The first-order chi connectivity index (χ1) is 15.9. The van der Waals surface area contributed by atoms with E-state index < -0.39 is 27.9 Å². The van der Waals surface area contributed by atoms with Gasteiger partial charge in [0.1, 0.15) is 0 Å². The highest BCUT2D eigenvalue weighted by Gasteiger charge is 2.39. The maximum Gasteiger partial charge on any atom is 0.253 e. The van der Waals surface area contributed by atoms with Gasteiger partial charge in [-0.2, -0.15) is 0 Å². The molecular formula is C26H37N3O4S. The van der Waals surface area contributed by atoms with Crippen molar-refractivity contribution >= 4 is 21.4 Å². The second-order valence-corrected chi connectivity index (χ2v) is 12.4. The van der Waals surface area contributed by atoms with E-state index in [1.54, 1.807) is 18.2 Å². The number of benzene rings is 2. The van der Waals surface area contributed by atoms with E-state index in [4.69, 9.17) is 5.73 Å². The normalized spacial score (nSPS) is 22.3. The third-order valence-corrected chi connectivity index (χ3v) is 8.16. The van der Waals surface area contributed by atoms with Crippen LogP contribution in [0.15, 0.2) is 42.5 Å². The van der Waals surface area contributed by atoms with E-state index in [1.165, 1.54) is 5.56 Å². The lowest BCUT2D eigenvalue weighted by molar-refractivity contribution is 0.0781. The highest BCUT2D eigenvalue weighted by atomic mass is 32.2. The zero-order valence-electron chi connectivity index (χ0n) is 20.5. The van der Waals surface area contributed by atoms with Crippen molar-refractivity contribution in [3.05, 3.63) is 64.7 Å². The minimum absolute atomic E-state index is 0.0146. The molecule has 0 bridgehead atoms. The van der Waals surface area contributed by atoms with E-state index in [0.29, 0.717) is 30.8 Å². The molecule has 0 unspecified atom stereocenters. The Bertz CT molecular complexity index is 1130. The number of nitrogens with two attached hydrogens (primary N) is 1. The average Bonchev–Trinajstić information content (AvgIpc) is 2.76. The molecule has 1 aliphatic heterocycles. The van der Waals surface area contributed by atoms with Gasteiger partial charge < -0.3 is 21.5 Å². The lowest BCUT2D eigenvalue weighted by atomic mass is 9.86. The van der Waals surface area contributed by atoms with E-state index in [2.05, 4.69) is 43.5 Å². The lowest BCUT2D eigenvalue weighted by Crippen LogP contribution is -2.54. The molecule has 7 nitrogen and oxygen atoms in total. The van der Waals surface area contributed by atoms with Crippen molar-refractivity contribution in [1.29, 1.82) is 0 Å². The number of rotatable bonds is 7. The van der Waals surface area contributed by atoms with Gasteiger partial charge in [0, 0.05) is 30.7 Å². The number of carbonyl (C=O) groups excluding carboxylic acids is 1. The van der Waals surface area contributed by atoms with E-state index in [9.17, 15) is 18.3 Å². The highest BCUT2D eigenvalue weighted by Crippen LogP contribution is 2.26. The first-order valence-electron chi connectivity index (χ1n) is 11.8. The van der Waals surface area contributed by atoms with E-state index in [1.807, 2.05) is 19.1 Å². The Morgan fingerprint density at radius 3 is 2.53 bits per heavy atom. The molecular weight excluding hydrogens is 450 g/mol. The molecule has 0 aliphatic carbocycles. The molecule has 2 aromatic carbocycles. The van der Waals surface area contributed by atoms with Crippen molar-refractivity contribution in [2.45, 2.75) is 58.2 Å². The van der Waals surface area contributed by atoms with Crippen molar-refractivity contribution in [2.75, 3.05) is 23.8 Å². The molecule has 1 saturated heterocycles. The van der Waals surface area contributed by atoms with Crippen LogP contribution in [0.2, 0.25) is 0 Å². The second-order valence-electron chi connectivity index (χ2n) is 10.3. The predicted octanol–water partition coefficient (Wildman–Crippen LogP) is 2.42. The number of nitrogens with one attached hydrogen (secondary N) is 2. The monoisotopic (exact) mass is 487 g/mol. The molecule has 34 heavy (non-hydrogen) atoms. The number of aliphatic hydroxyl groups is 1. The molecule has 3 rings (SSSR count). The van der Waals surface area contributed by atoms with Gasteiger partial charge in [-0.15, -0.1) is 0 Å². The fourth-order valence-electron chi connectivity index (χ4n) is 4.44. The van der Waals surface area contributed by atoms with Gasteiger partial charge in [-0.25, -0.2) is 8.42 Å². The smallest absolute Gasteiger partial charge is 0.253 e. The number of sulfone groups is 1. The van der Waals surface area contributed by atoms with Crippen LogP contribution < -0.4 is 16.4 Å². The molecule has 8 heteroatoms. The molecule has 0 radical (unpaired) electrons. The minimum Gasteiger partial charge on any atom is -0.398 e. The van der Waals surface area contributed by atoms with Gasteiger partial charge in [0.15, 0.2) is 9.84 Å². The van der Waals surface area contributed by atoms with Crippen molar-refractivity contribution in [2.24, 2.45) is 5.92 Å². The fraction of sp³-hybridized carbons (Fsp3) is 0.500. The van der Waals surface area contributed by atoms with Crippen molar-refractivity contribution in [1.82, 2.24) is 10.6 Å². The van der Waals surface area contributed by atoms with Crippen LogP contribution >= 0.6 is 0 Å². The van der Waals surface area contributed by atoms with Gasteiger partial charge in [0.25, 0.3) is 5.91 Å². The van der Waals surface area contributed by atoms with Crippen molar-refractivity contribution < 1.29 is 18.3 Å². The average molecular weight is 488 g/mol. The lowest BCUT2D eigenvalue weighted by Gasteiger charge is -2.35. The van der Waals surface area contributed by atoms with Gasteiger partial charge in [-0.05, 0) is 47.6 Å². The molecule has 1 fully saturated rings. The molecule has 0 spiro atoms. The minimum atomic E-state index is -3.34. The van der Waals surface area contributed by atoms with E-state index in [-0.39, 0.29) is 22.8 Å². The third kappa shape index (κ3) is 6.58. The summed E-state index contributed by atoms with van der Waals surface area (Å²) in [5.74, 6) is -0.944. The van der Waals surface area contributed by atoms with Gasteiger partial charge in [-0.3, -0.25) is 4.79 Å². The van der Waals surface area contributed by atoms with Crippen LogP contribution in [-0.2, 0) is 28.2 Å². The first-order valence-corrected chi connectivity index (χ1v) is 13.6. The van der Waals surface area contributed by atoms with Crippen LogP contribution in [-0.4, -0.2) is 49.6 Å². The summed E-state index contributed by atoms with van der Waals surface area (Å²) in [5.41, 5.74) is 9.72. The predicted molar refractivity (Wildman–Crippen MR) is 136 cm³/mol. The molecule has 5 N–H and O–H groups in total. The number of carbonyl (C=O) groups is 1. The summed E-state index contributed by atoms with van der Waals surface area (Å²) in [6.45, 7) is 9.22. The number of amides is 1. The summed E-state index contributed by atoms with van der Waals surface area (Å²) in [7, 11) is -3.34. The summed E-state index contributed by atoms with van der Waals surface area (Å²) < 4.78 is 25.4. The Morgan fingerprint density at radius 1 is 1.12 bits per heavy atom. The Kier molecular flexibility index (Phi) is 8.06. The quantitative estimate of drug-likeness (QED) is 0.445. The Labute approximate surface area is 203 Å². The van der Waals surface area contributed by atoms with Crippen LogP contribution in [0.3, 0.4) is 0 Å². The molecule has 3 atom stereocenters. The van der Waals surface area contributed by atoms with Crippen LogP contribution in [0.25, 0.3) is 0 Å². The Hall–Kier alpha value is -2.42. The molecule has 1 amide bonds.